The number of aromatic nitrogens is 1. The molecular weight excluding hydrogens is 290 g/mol. The van der Waals surface area contributed by atoms with Gasteiger partial charge in [0.15, 0.2) is 0 Å². The van der Waals surface area contributed by atoms with E-state index in [1.54, 1.807) is 29.2 Å². The van der Waals surface area contributed by atoms with Crippen LogP contribution in [0, 0.1) is 5.41 Å². The Balaban J connectivity index is 2.01. The third-order valence-electron chi connectivity index (χ3n) is 4.06. The summed E-state index contributed by atoms with van der Waals surface area (Å²) >= 11 is 0. The number of likely N-dealkylation sites (N-methyl/N-ethyl adjacent to an activating group) is 1. The maximum atomic E-state index is 12.7. The van der Waals surface area contributed by atoms with Crippen molar-refractivity contribution in [3.63, 3.8) is 0 Å². The van der Waals surface area contributed by atoms with Gasteiger partial charge in [0.25, 0.3) is 0 Å². The molecule has 1 aliphatic rings. The van der Waals surface area contributed by atoms with Crippen molar-refractivity contribution in [2.24, 2.45) is 5.41 Å². The second-order valence-electron chi connectivity index (χ2n) is 7.54. The van der Waals surface area contributed by atoms with Crippen molar-refractivity contribution in [1.29, 1.82) is 0 Å². The lowest BCUT2D eigenvalue weighted by Crippen LogP contribution is -2.47. The molecule has 5 nitrogen and oxygen atoms in total. The molecule has 0 unspecified atom stereocenters. The van der Waals surface area contributed by atoms with Crippen LogP contribution in [0.25, 0.3) is 0 Å². The van der Waals surface area contributed by atoms with E-state index >= 15 is 0 Å². The molecule has 5 heteroatoms. The number of rotatable bonds is 4. The monoisotopic (exact) mass is 317 g/mol. The van der Waals surface area contributed by atoms with Crippen LogP contribution in [0.1, 0.15) is 45.6 Å². The fourth-order valence-corrected chi connectivity index (χ4v) is 2.98. The SMILES string of the molecule is CN(Cc1cccnc1)C(=O)[C@@H]1CCCN1C(=O)CC(C)(C)C. The molecule has 1 aromatic rings. The van der Waals surface area contributed by atoms with Gasteiger partial charge in [-0.2, -0.15) is 0 Å². The average molecular weight is 317 g/mol. The molecule has 1 atom stereocenters. The summed E-state index contributed by atoms with van der Waals surface area (Å²) in [5, 5.41) is 0. The van der Waals surface area contributed by atoms with Crippen molar-refractivity contribution in [3.05, 3.63) is 30.1 Å². The molecule has 0 aromatic carbocycles. The topological polar surface area (TPSA) is 53.5 Å². The van der Waals surface area contributed by atoms with E-state index in [1.165, 1.54) is 0 Å². The summed E-state index contributed by atoms with van der Waals surface area (Å²) in [5.74, 6) is 0.108. The third kappa shape index (κ3) is 4.78. The number of likely N-dealkylation sites (tertiary alicyclic amines) is 1. The standard InChI is InChI=1S/C18H27N3O2/c1-18(2,3)11-16(22)21-10-6-8-15(21)17(23)20(4)13-14-7-5-9-19-12-14/h5,7,9,12,15H,6,8,10-11,13H2,1-4H3/t15-/m0/s1. The zero-order valence-electron chi connectivity index (χ0n) is 14.6. The molecule has 0 radical (unpaired) electrons. The van der Waals surface area contributed by atoms with E-state index in [0.29, 0.717) is 19.5 Å². The number of carbonyl (C=O) groups excluding carboxylic acids is 2. The van der Waals surface area contributed by atoms with Crippen LogP contribution in [0.2, 0.25) is 0 Å². The fourth-order valence-electron chi connectivity index (χ4n) is 2.98. The van der Waals surface area contributed by atoms with Crippen LogP contribution in [-0.4, -0.2) is 46.2 Å². The van der Waals surface area contributed by atoms with Crippen LogP contribution in [0.3, 0.4) is 0 Å². The van der Waals surface area contributed by atoms with E-state index in [0.717, 1.165) is 18.4 Å². The first kappa shape index (κ1) is 17.4. The largest absolute Gasteiger partial charge is 0.340 e. The van der Waals surface area contributed by atoms with Gasteiger partial charge in [0.2, 0.25) is 11.8 Å². The summed E-state index contributed by atoms with van der Waals surface area (Å²) in [6.07, 6.45) is 5.61. The van der Waals surface area contributed by atoms with E-state index in [2.05, 4.69) is 4.98 Å². The van der Waals surface area contributed by atoms with Gasteiger partial charge in [0, 0.05) is 39.0 Å². The number of nitrogens with zero attached hydrogens (tertiary/aromatic N) is 3. The molecule has 2 rings (SSSR count). The Morgan fingerprint density at radius 1 is 1.39 bits per heavy atom. The van der Waals surface area contributed by atoms with Crippen molar-refractivity contribution in [1.82, 2.24) is 14.8 Å². The smallest absolute Gasteiger partial charge is 0.245 e. The van der Waals surface area contributed by atoms with Gasteiger partial charge in [0.05, 0.1) is 0 Å². The summed E-state index contributed by atoms with van der Waals surface area (Å²) in [6, 6.07) is 3.50. The molecule has 1 fully saturated rings. The summed E-state index contributed by atoms with van der Waals surface area (Å²) in [5.41, 5.74) is 0.934. The molecule has 2 amide bonds. The maximum Gasteiger partial charge on any atom is 0.245 e. The summed E-state index contributed by atoms with van der Waals surface area (Å²) < 4.78 is 0. The Bertz CT molecular complexity index is 551. The Labute approximate surface area is 138 Å². The van der Waals surface area contributed by atoms with Crippen LogP contribution in [0.5, 0.6) is 0 Å². The quantitative estimate of drug-likeness (QED) is 0.857. The zero-order valence-corrected chi connectivity index (χ0v) is 14.6. The fraction of sp³-hybridized carbons (Fsp3) is 0.611. The van der Waals surface area contributed by atoms with E-state index in [4.69, 9.17) is 0 Å². The van der Waals surface area contributed by atoms with Crippen molar-refractivity contribution in [3.8, 4) is 0 Å². The molecule has 0 N–H and O–H groups in total. The van der Waals surface area contributed by atoms with Crippen molar-refractivity contribution >= 4 is 11.8 Å². The number of hydrogen-bond donors (Lipinski definition) is 0. The van der Waals surface area contributed by atoms with Gasteiger partial charge in [-0.25, -0.2) is 0 Å². The Morgan fingerprint density at radius 2 is 2.13 bits per heavy atom. The molecule has 0 bridgehead atoms. The highest BCUT2D eigenvalue weighted by atomic mass is 16.2. The van der Waals surface area contributed by atoms with Gasteiger partial charge in [-0.3, -0.25) is 14.6 Å². The van der Waals surface area contributed by atoms with E-state index < -0.39 is 0 Å². The summed E-state index contributed by atoms with van der Waals surface area (Å²) in [7, 11) is 1.79. The number of carbonyl (C=O) groups is 2. The predicted octanol–water partition coefficient (Wildman–Crippen LogP) is 2.47. The second-order valence-corrected chi connectivity index (χ2v) is 7.54. The molecule has 1 saturated heterocycles. The molecule has 2 heterocycles. The van der Waals surface area contributed by atoms with E-state index in [1.807, 2.05) is 32.9 Å². The Kier molecular flexibility index (Phi) is 5.39. The summed E-state index contributed by atoms with van der Waals surface area (Å²) in [6.45, 7) is 7.35. The first-order valence-electron chi connectivity index (χ1n) is 8.21. The minimum atomic E-state index is -0.313. The zero-order chi connectivity index (χ0) is 17.0. The van der Waals surface area contributed by atoms with Crippen LogP contribution < -0.4 is 0 Å². The minimum Gasteiger partial charge on any atom is -0.340 e. The number of pyridine rings is 1. The molecule has 126 valence electrons. The van der Waals surface area contributed by atoms with Crippen LogP contribution >= 0.6 is 0 Å². The molecular formula is C18H27N3O2. The van der Waals surface area contributed by atoms with Gasteiger partial charge >= 0.3 is 0 Å². The van der Waals surface area contributed by atoms with E-state index in [-0.39, 0.29) is 23.3 Å². The third-order valence-corrected chi connectivity index (χ3v) is 4.06. The normalized spacial score (nSPS) is 18.1. The van der Waals surface area contributed by atoms with Gasteiger partial charge in [-0.1, -0.05) is 26.8 Å². The number of hydrogen-bond acceptors (Lipinski definition) is 3. The first-order chi connectivity index (χ1) is 10.8. The highest BCUT2D eigenvalue weighted by Gasteiger charge is 2.36. The Hall–Kier alpha value is -1.91. The highest BCUT2D eigenvalue weighted by Crippen LogP contribution is 2.25. The molecule has 23 heavy (non-hydrogen) atoms. The molecule has 0 aliphatic carbocycles. The second kappa shape index (κ2) is 7.11. The first-order valence-corrected chi connectivity index (χ1v) is 8.21. The molecule has 0 saturated carbocycles. The molecule has 1 aliphatic heterocycles. The van der Waals surface area contributed by atoms with Gasteiger partial charge < -0.3 is 9.80 Å². The van der Waals surface area contributed by atoms with Crippen LogP contribution in [0.15, 0.2) is 24.5 Å². The summed E-state index contributed by atoms with van der Waals surface area (Å²) in [4.78, 5) is 32.8. The average Bonchev–Trinajstić information content (AvgIpc) is 2.95. The van der Waals surface area contributed by atoms with Crippen LogP contribution in [0.4, 0.5) is 0 Å². The Morgan fingerprint density at radius 3 is 2.74 bits per heavy atom. The molecule has 0 spiro atoms. The predicted molar refractivity (Wildman–Crippen MR) is 89.5 cm³/mol. The highest BCUT2D eigenvalue weighted by molar-refractivity contribution is 5.88. The van der Waals surface area contributed by atoms with E-state index in [9.17, 15) is 9.59 Å². The van der Waals surface area contributed by atoms with Crippen molar-refractivity contribution < 1.29 is 9.59 Å². The van der Waals surface area contributed by atoms with Crippen molar-refractivity contribution in [2.75, 3.05) is 13.6 Å². The minimum absolute atomic E-state index is 0.0219. The van der Waals surface area contributed by atoms with Crippen LogP contribution in [-0.2, 0) is 16.1 Å². The van der Waals surface area contributed by atoms with Gasteiger partial charge in [0.1, 0.15) is 6.04 Å². The lowest BCUT2D eigenvalue weighted by Gasteiger charge is -2.30. The lowest BCUT2D eigenvalue weighted by molar-refractivity contribution is -0.144. The van der Waals surface area contributed by atoms with Gasteiger partial charge in [-0.05, 0) is 29.9 Å². The maximum absolute atomic E-state index is 12.7. The van der Waals surface area contributed by atoms with Gasteiger partial charge in [-0.15, -0.1) is 0 Å². The molecule has 1 aromatic heterocycles. The lowest BCUT2D eigenvalue weighted by atomic mass is 9.91. The van der Waals surface area contributed by atoms with Crippen molar-refractivity contribution in [2.45, 2.75) is 52.6 Å². The number of amides is 2.